The van der Waals surface area contributed by atoms with Crippen LogP contribution in [0.5, 0.6) is 0 Å². The lowest BCUT2D eigenvalue weighted by Crippen LogP contribution is -2.57. The van der Waals surface area contributed by atoms with E-state index in [1.54, 1.807) is 0 Å². The highest BCUT2D eigenvalue weighted by molar-refractivity contribution is 5.68. The molecule has 0 bridgehead atoms. The van der Waals surface area contributed by atoms with Gasteiger partial charge in [-0.05, 0) is 44.2 Å². The maximum atomic E-state index is 11.3. The van der Waals surface area contributed by atoms with E-state index in [4.69, 9.17) is 0 Å². The van der Waals surface area contributed by atoms with Gasteiger partial charge < -0.3 is 5.11 Å². The highest BCUT2D eigenvalue weighted by Crippen LogP contribution is 2.52. The van der Waals surface area contributed by atoms with Gasteiger partial charge in [0.1, 0.15) is 0 Å². The quantitative estimate of drug-likeness (QED) is 0.823. The summed E-state index contributed by atoms with van der Waals surface area (Å²) in [5, 5.41) is 9.28. The summed E-state index contributed by atoms with van der Waals surface area (Å²) in [5.74, 6) is -0.634. The van der Waals surface area contributed by atoms with Gasteiger partial charge in [-0.15, -0.1) is 0 Å². The van der Waals surface area contributed by atoms with Crippen LogP contribution >= 0.6 is 0 Å². The predicted molar refractivity (Wildman–Crippen MR) is 68.0 cm³/mol. The highest BCUT2D eigenvalue weighted by atomic mass is 16.4. The number of hydrogen-bond acceptors (Lipinski definition) is 2. The van der Waals surface area contributed by atoms with Gasteiger partial charge in [-0.2, -0.15) is 0 Å². The van der Waals surface area contributed by atoms with Crippen molar-refractivity contribution in [3.05, 3.63) is 0 Å². The molecule has 0 spiro atoms. The topological polar surface area (TPSA) is 40.5 Å². The van der Waals surface area contributed by atoms with Gasteiger partial charge in [0.25, 0.3) is 0 Å². The fourth-order valence-electron chi connectivity index (χ4n) is 3.99. The molecule has 1 N–H and O–H groups in total. The van der Waals surface area contributed by atoms with E-state index in [1.165, 1.54) is 25.7 Å². The molecule has 2 fully saturated rings. The summed E-state index contributed by atoms with van der Waals surface area (Å²) in [6, 6.07) is 0. The van der Waals surface area contributed by atoms with Gasteiger partial charge in [-0.3, -0.25) is 9.69 Å². The minimum Gasteiger partial charge on any atom is -0.481 e. The number of carboxylic acids is 1. The van der Waals surface area contributed by atoms with Crippen LogP contribution in [-0.2, 0) is 4.79 Å². The summed E-state index contributed by atoms with van der Waals surface area (Å²) >= 11 is 0. The fraction of sp³-hybridized carbons (Fsp3) is 0.929. The highest BCUT2D eigenvalue weighted by Gasteiger charge is 2.53. The van der Waals surface area contributed by atoms with Gasteiger partial charge >= 0.3 is 5.97 Å². The molecule has 0 aromatic heterocycles. The minimum atomic E-state index is -0.634. The molecule has 1 aliphatic carbocycles. The van der Waals surface area contributed by atoms with Crippen LogP contribution in [0.25, 0.3) is 0 Å². The number of piperidine rings is 1. The largest absolute Gasteiger partial charge is 0.481 e. The Morgan fingerprint density at radius 2 is 1.76 bits per heavy atom. The summed E-state index contributed by atoms with van der Waals surface area (Å²) in [4.78, 5) is 13.8. The molecule has 1 saturated carbocycles. The molecule has 0 aromatic rings. The van der Waals surface area contributed by atoms with E-state index < -0.39 is 5.97 Å². The molecule has 0 radical (unpaired) electrons. The molecule has 1 saturated heterocycles. The summed E-state index contributed by atoms with van der Waals surface area (Å²) in [7, 11) is 0. The van der Waals surface area contributed by atoms with Crippen LogP contribution in [0.2, 0.25) is 0 Å². The number of carboxylic acid groups (broad SMARTS) is 1. The molecule has 2 rings (SSSR count). The first kappa shape index (κ1) is 12.9. The summed E-state index contributed by atoms with van der Waals surface area (Å²) in [6.45, 7) is 6.71. The standard InChI is InChI=1S/C14H25NO2/c1-13(2)7-6-8-14(13,11-12(16)17)15-9-4-3-5-10-15/h3-11H2,1-2H3,(H,16,17). The van der Waals surface area contributed by atoms with Crippen LogP contribution in [-0.4, -0.2) is 34.6 Å². The molecule has 3 nitrogen and oxygen atoms in total. The van der Waals surface area contributed by atoms with E-state index in [-0.39, 0.29) is 11.0 Å². The second kappa shape index (κ2) is 4.60. The first-order valence-electron chi connectivity index (χ1n) is 6.95. The second-order valence-corrected chi connectivity index (χ2v) is 6.39. The van der Waals surface area contributed by atoms with Crippen molar-refractivity contribution < 1.29 is 9.90 Å². The Hall–Kier alpha value is -0.570. The van der Waals surface area contributed by atoms with Gasteiger partial charge in [-0.1, -0.05) is 26.7 Å². The van der Waals surface area contributed by atoms with Crippen molar-refractivity contribution in [3.63, 3.8) is 0 Å². The zero-order chi connectivity index (χ0) is 12.5. The number of rotatable bonds is 3. The smallest absolute Gasteiger partial charge is 0.305 e. The van der Waals surface area contributed by atoms with Crippen LogP contribution in [0.1, 0.15) is 58.8 Å². The minimum absolute atomic E-state index is 0.0841. The molecule has 98 valence electrons. The zero-order valence-electron chi connectivity index (χ0n) is 11.2. The molecular formula is C14H25NO2. The third-order valence-corrected chi connectivity index (χ3v) is 5.06. The summed E-state index contributed by atoms with van der Waals surface area (Å²) in [5.41, 5.74) is 0.0575. The SMILES string of the molecule is CC1(C)CCCC1(CC(=O)O)N1CCCCC1. The number of aliphatic carboxylic acids is 1. The lowest BCUT2D eigenvalue weighted by molar-refractivity contribution is -0.143. The van der Waals surface area contributed by atoms with Crippen LogP contribution in [0, 0.1) is 5.41 Å². The van der Waals surface area contributed by atoms with Crippen LogP contribution in [0.3, 0.4) is 0 Å². The predicted octanol–water partition coefficient (Wildman–Crippen LogP) is 2.90. The molecule has 1 aliphatic heterocycles. The van der Waals surface area contributed by atoms with E-state index >= 15 is 0 Å². The summed E-state index contributed by atoms with van der Waals surface area (Å²) in [6.07, 6.45) is 7.49. The molecule has 1 atom stereocenters. The number of hydrogen-bond donors (Lipinski definition) is 1. The van der Waals surface area contributed by atoms with Crippen molar-refractivity contribution in [1.82, 2.24) is 4.90 Å². The molecule has 17 heavy (non-hydrogen) atoms. The van der Waals surface area contributed by atoms with Gasteiger partial charge in [0.2, 0.25) is 0 Å². The third-order valence-electron chi connectivity index (χ3n) is 5.06. The first-order valence-corrected chi connectivity index (χ1v) is 6.95. The summed E-state index contributed by atoms with van der Waals surface area (Å²) < 4.78 is 0. The Kier molecular flexibility index (Phi) is 3.48. The first-order chi connectivity index (χ1) is 7.98. The maximum absolute atomic E-state index is 11.3. The normalized spacial score (nSPS) is 33.8. The van der Waals surface area contributed by atoms with E-state index in [0.717, 1.165) is 25.9 Å². The van der Waals surface area contributed by atoms with Crippen molar-refractivity contribution in [1.29, 1.82) is 0 Å². The molecule has 2 aliphatic rings. The van der Waals surface area contributed by atoms with E-state index in [2.05, 4.69) is 18.7 Å². The van der Waals surface area contributed by atoms with Crippen molar-refractivity contribution >= 4 is 5.97 Å². The van der Waals surface area contributed by atoms with Gasteiger partial charge in [0.15, 0.2) is 0 Å². The van der Waals surface area contributed by atoms with Crippen molar-refractivity contribution in [2.24, 2.45) is 5.41 Å². The number of likely N-dealkylation sites (tertiary alicyclic amines) is 1. The van der Waals surface area contributed by atoms with Gasteiger partial charge in [0, 0.05) is 5.54 Å². The van der Waals surface area contributed by atoms with Crippen molar-refractivity contribution in [2.45, 2.75) is 64.3 Å². The van der Waals surface area contributed by atoms with E-state index in [9.17, 15) is 9.90 Å². The van der Waals surface area contributed by atoms with Gasteiger partial charge in [0.05, 0.1) is 6.42 Å². The Balaban J connectivity index is 2.25. The molecule has 3 heteroatoms. The van der Waals surface area contributed by atoms with E-state index in [0.29, 0.717) is 6.42 Å². The number of carbonyl (C=O) groups is 1. The fourth-order valence-corrected chi connectivity index (χ4v) is 3.99. The Labute approximate surface area is 104 Å². The lowest BCUT2D eigenvalue weighted by atomic mass is 9.71. The molecular weight excluding hydrogens is 214 g/mol. The Bertz CT molecular complexity index is 295. The van der Waals surface area contributed by atoms with Gasteiger partial charge in [-0.25, -0.2) is 0 Å². The molecule has 1 unspecified atom stereocenters. The van der Waals surface area contributed by atoms with E-state index in [1.807, 2.05) is 0 Å². The second-order valence-electron chi connectivity index (χ2n) is 6.39. The molecule has 0 aromatic carbocycles. The van der Waals surface area contributed by atoms with Crippen LogP contribution in [0.15, 0.2) is 0 Å². The number of nitrogens with zero attached hydrogens (tertiary/aromatic N) is 1. The van der Waals surface area contributed by atoms with Crippen molar-refractivity contribution in [2.75, 3.05) is 13.1 Å². The Morgan fingerprint density at radius 1 is 1.12 bits per heavy atom. The van der Waals surface area contributed by atoms with Crippen LogP contribution < -0.4 is 0 Å². The van der Waals surface area contributed by atoms with Crippen LogP contribution in [0.4, 0.5) is 0 Å². The average molecular weight is 239 g/mol. The molecule has 0 amide bonds. The zero-order valence-corrected chi connectivity index (χ0v) is 11.2. The third kappa shape index (κ3) is 2.22. The van der Waals surface area contributed by atoms with Crippen molar-refractivity contribution in [3.8, 4) is 0 Å². The Morgan fingerprint density at radius 3 is 2.24 bits per heavy atom. The maximum Gasteiger partial charge on any atom is 0.305 e. The molecule has 1 heterocycles. The monoisotopic (exact) mass is 239 g/mol. The average Bonchev–Trinajstić information content (AvgIpc) is 2.56. The lowest BCUT2D eigenvalue weighted by Gasteiger charge is -2.50.